The van der Waals surface area contributed by atoms with Crippen LogP contribution >= 0.6 is 44.5 Å². The van der Waals surface area contributed by atoms with Gasteiger partial charge in [-0.05, 0) is 42.5 Å². The summed E-state index contributed by atoms with van der Waals surface area (Å²) in [5, 5.41) is 12.7. The van der Waals surface area contributed by atoms with Crippen LogP contribution in [0, 0.1) is 0 Å². The number of ketones is 1. The van der Waals surface area contributed by atoms with Gasteiger partial charge in [-0.1, -0.05) is 27.5 Å². The van der Waals surface area contributed by atoms with Gasteiger partial charge in [0.2, 0.25) is 0 Å². The zero-order chi connectivity index (χ0) is 17.9. The van der Waals surface area contributed by atoms with Crippen molar-refractivity contribution in [2.45, 2.75) is 0 Å². The van der Waals surface area contributed by atoms with E-state index in [1.807, 2.05) is 21.1 Å². The van der Waals surface area contributed by atoms with Gasteiger partial charge in [-0.25, -0.2) is 0 Å². The maximum Gasteiger partial charge on any atom is 0.195 e. The zero-order valence-electron chi connectivity index (χ0n) is 14.1. The maximum atomic E-state index is 12.8. The monoisotopic (exact) mass is 488 g/mol. The lowest BCUT2D eigenvalue weighted by Gasteiger charge is -2.26. The molecule has 0 aliphatic rings. The molecule has 0 atom stereocenters. The molecule has 0 N–H and O–H groups in total. The number of benzene rings is 2. The number of likely N-dealkylation sites (N-methyl/N-ethyl adjacent to an activating group) is 1. The van der Waals surface area contributed by atoms with Crippen molar-refractivity contribution >= 4 is 61.9 Å². The molecule has 0 saturated carbocycles. The molecule has 0 unspecified atom stereocenters. The Bertz CT molecular complexity index is 785. The van der Waals surface area contributed by atoms with E-state index in [0.29, 0.717) is 26.3 Å². The second-order valence-corrected chi connectivity index (χ2v) is 7.80. The number of rotatable bonds is 5. The Morgan fingerprint density at radius 3 is 2.32 bits per heavy atom. The van der Waals surface area contributed by atoms with Crippen molar-refractivity contribution in [3.05, 3.63) is 63.1 Å². The molecule has 0 spiro atoms. The highest BCUT2D eigenvalue weighted by Gasteiger charge is 2.15. The summed E-state index contributed by atoms with van der Waals surface area (Å²) in [5.41, 5.74) is 1.24. The Balaban J connectivity index is 0.00000312. The average Bonchev–Trinajstić information content (AvgIpc) is 2.47. The van der Waals surface area contributed by atoms with E-state index in [2.05, 4.69) is 20.9 Å². The predicted molar refractivity (Wildman–Crippen MR) is 109 cm³/mol. The smallest absolute Gasteiger partial charge is 0.195 e. The van der Waals surface area contributed by atoms with Crippen LogP contribution in [0.25, 0.3) is 0 Å². The highest BCUT2D eigenvalue weighted by atomic mass is 79.9. The molecule has 0 amide bonds. The minimum absolute atomic E-state index is 0. The molecule has 0 aliphatic carbocycles. The van der Waals surface area contributed by atoms with Gasteiger partial charge >= 0.3 is 0 Å². The minimum Gasteiger partial charge on any atom is -0.858 e. The molecular weight excluding hydrogens is 471 g/mol. The third-order valence-electron chi connectivity index (χ3n) is 3.16. The Kier molecular flexibility index (Phi) is 7.81. The van der Waals surface area contributed by atoms with E-state index in [1.165, 1.54) is 0 Å². The van der Waals surface area contributed by atoms with Gasteiger partial charge < -0.3 is 9.59 Å². The van der Waals surface area contributed by atoms with Crippen LogP contribution in [0.5, 0.6) is 0 Å². The van der Waals surface area contributed by atoms with Crippen molar-refractivity contribution < 1.29 is 14.4 Å². The summed E-state index contributed by atoms with van der Waals surface area (Å²) in [7, 11) is 5.73. The molecule has 0 saturated heterocycles. The molecule has 25 heavy (non-hydrogen) atoms. The molecular formula is C18H19Br2ClN2O2. The zero-order valence-corrected chi connectivity index (χ0v) is 18.2. The van der Waals surface area contributed by atoms with Crippen molar-refractivity contribution in [2.24, 2.45) is 4.99 Å². The second-order valence-electron chi connectivity index (χ2n) is 6.45. The van der Waals surface area contributed by atoms with Crippen LogP contribution in [0.1, 0.15) is 15.9 Å². The van der Waals surface area contributed by atoms with Crippen LogP contribution in [0.3, 0.4) is 0 Å². The SMILES string of the molecule is Br.C[N+](C)(C)CC([O-])=Nc1ccc(Br)cc1C(=O)c1ccc(Cl)cc1. The van der Waals surface area contributed by atoms with Gasteiger partial charge in [-0.15, -0.1) is 17.0 Å². The number of carbonyl (C=O) groups is 1. The molecule has 2 aromatic rings. The highest BCUT2D eigenvalue weighted by Crippen LogP contribution is 2.26. The lowest BCUT2D eigenvalue weighted by Crippen LogP contribution is -2.43. The minimum atomic E-state index is -0.269. The topological polar surface area (TPSA) is 52.5 Å². The Morgan fingerprint density at radius 2 is 1.76 bits per heavy atom. The van der Waals surface area contributed by atoms with E-state index in [4.69, 9.17) is 11.6 Å². The third-order valence-corrected chi connectivity index (χ3v) is 3.91. The van der Waals surface area contributed by atoms with Crippen LogP contribution < -0.4 is 5.11 Å². The molecule has 7 heteroatoms. The summed E-state index contributed by atoms with van der Waals surface area (Å²) < 4.78 is 1.22. The van der Waals surface area contributed by atoms with Crippen LogP contribution in [-0.2, 0) is 0 Å². The number of halogens is 3. The van der Waals surface area contributed by atoms with Gasteiger partial charge in [0.05, 0.1) is 26.8 Å². The van der Waals surface area contributed by atoms with Gasteiger partial charge in [0.25, 0.3) is 0 Å². The average molecular weight is 491 g/mol. The lowest BCUT2D eigenvalue weighted by molar-refractivity contribution is -0.863. The molecule has 4 nitrogen and oxygen atoms in total. The largest absolute Gasteiger partial charge is 0.858 e. The second kappa shape index (κ2) is 8.94. The third kappa shape index (κ3) is 6.55. The van der Waals surface area contributed by atoms with Crippen LogP contribution in [-0.4, -0.2) is 43.9 Å². The first-order valence-electron chi connectivity index (χ1n) is 7.30. The van der Waals surface area contributed by atoms with E-state index in [-0.39, 0.29) is 35.2 Å². The molecule has 0 aromatic heterocycles. The van der Waals surface area contributed by atoms with Crippen molar-refractivity contribution in [1.82, 2.24) is 0 Å². The summed E-state index contributed by atoms with van der Waals surface area (Å²) in [4.78, 5) is 16.9. The van der Waals surface area contributed by atoms with E-state index >= 15 is 0 Å². The standard InChI is InChI=1S/C18H18BrClN2O2.BrH/c1-22(2,3)11-17(23)21-16-9-6-13(19)10-15(16)18(24)12-4-7-14(20)8-5-12;/h4-10H,11H2,1-3H3;1H. The van der Waals surface area contributed by atoms with Gasteiger partial charge in [-0.2, -0.15) is 0 Å². The normalized spacial score (nSPS) is 11.8. The van der Waals surface area contributed by atoms with E-state index in [1.54, 1.807) is 42.5 Å². The van der Waals surface area contributed by atoms with Gasteiger partial charge in [-0.3, -0.25) is 9.79 Å². The van der Waals surface area contributed by atoms with Gasteiger partial charge in [0, 0.05) is 26.5 Å². The van der Waals surface area contributed by atoms with Crippen LogP contribution in [0.2, 0.25) is 5.02 Å². The molecule has 2 aromatic carbocycles. The van der Waals surface area contributed by atoms with Crippen molar-refractivity contribution in [3.63, 3.8) is 0 Å². The molecule has 0 fully saturated rings. The lowest BCUT2D eigenvalue weighted by atomic mass is 10.0. The Labute approximate surface area is 171 Å². The summed E-state index contributed by atoms with van der Waals surface area (Å²) >= 11 is 9.23. The fourth-order valence-corrected chi connectivity index (χ4v) is 2.61. The fraction of sp³-hybridized carbons (Fsp3) is 0.222. The van der Waals surface area contributed by atoms with Crippen molar-refractivity contribution in [2.75, 3.05) is 27.7 Å². The maximum absolute atomic E-state index is 12.8. The quantitative estimate of drug-likeness (QED) is 0.275. The van der Waals surface area contributed by atoms with Crippen molar-refractivity contribution in [3.8, 4) is 0 Å². The Hall–Kier alpha value is -1.21. The van der Waals surface area contributed by atoms with E-state index in [0.717, 1.165) is 4.47 Å². The number of nitrogens with zero attached hydrogens (tertiary/aromatic N) is 2. The first-order chi connectivity index (χ1) is 11.2. The summed E-state index contributed by atoms with van der Waals surface area (Å²) in [6.07, 6.45) is 0. The number of quaternary nitrogens is 1. The summed E-state index contributed by atoms with van der Waals surface area (Å²) in [5.74, 6) is -0.472. The van der Waals surface area contributed by atoms with Gasteiger partial charge in [0.15, 0.2) is 5.78 Å². The molecule has 0 bridgehead atoms. The molecule has 2 rings (SSSR count). The summed E-state index contributed by atoms with van der Waals surface area (Å²) in [6.45, 7) is 0.255. The Morgan fingerprint density at radius 1 is 1.16 bits per heavy atom. The first kappa shape index (κ1) is 21.8. The highest BCUT2D eigenvalue weighted by molar-refractivity contribution is 9.10. The van der Waals surface area contributed by atoms with Crippen LogP contribution in [0.4, 0.5) is 5.69 Å². The number of carbonyl (C=O) groups excluding carboxylic acids is 1. The number of hydrogen-bond donors (Lipinski definition) is 0. The van der Waals surface area contributed by atoms with E-state index < -0.39 is 0 Å². The van der Waals surface area contributed by atoms with Crippen molar-refractivity contribution in [1.29, 1.82) is 0 Å². The van der Waals surface area contributed by atoms with Gasteiger partial charge in [0.1, 0.15) is 6.54 Å². The summed E-state index contributed by atoms with van der Waals surface area (Å²) in [6, 6.07) is 11.7. The van der Waals surface area contributed by atoms with Crippen LogP contribution in [0.15, 0.2) is 51.9 Å². The number of hydrogen-bond acceptors (Lipinski definition) is 3. The molecule has 0 aliphatic heterocycles. The molecule has 0 heterocycles. The van der Waals surface area contributed by atoms with E-state index in [9.17, 15) is 9.90 Å². The first-order valence-corrected chi connectivity index (χ1v) is 8.48. The predicted octanol–water partition coefficient (Wildman–Crippen LogP) is 4.01. The fourth-order valence-electron chi connectivity index (χ4n) is 2.12. The molecule has 134 valence electrons. The number of aliphatic imine (C=N–C) groups is 1. The molecule has 0 radical (unpaired) electrons.